The van der Waals surface area contributed by atoms with Crippen LogP contribution in [0.25, 0.3) is 0 Å². The Morgan fingerprint density at radius 1 is 1.47 bits per heavy atom. The zero-order valence-electron chi connectivity index (χ0n) is 9.42. The number of carboxylic acid groups (broad SMARTS) is 1. The highest BCUT2D eigenvalue weighted by Crippen LogP contribution is 2.31. The standard InChI is InChI=1S/C11H14N2O4/c1-16-10-4-7(12)2-3-9(10)17-8-5-13(6-8)11(14)15/h2-4,8H,5-6,12H2,1H3,(H,14,15). The van der Waals surface area contributed by atoms with E-state index in [4.69, 9.17) is 20.3 Å². The molecule has 0 radical (unpaired) electrons. The Hall–Kier alpha value is -2.11. The van der Waals surface area contributed by atoms with Crippen molar-refractivity contribution < 1.29 is 19.4 Å². The molecular weight excluding hydrogens is 224 g/mol. The molecule has 1 amide bonds. The van der Waals surface area contributed by atoms with Gasteiger partial charge < -0.3 is 25.2 Å². The SMILES string of the molecule is COc1cc(N)ccc1OC1CN(C(=O)O)C1. The number of amides is 1. The summed E-state index contributed by atoms with van der Waals surface area (Å²) in [6.07, 6.45) is -1.04. The van der Waals surface area contributed by atoms with E-state index in [-0.39, 0.29) is 6.10 Å². The summed E-state index contributed by atoms with van der Waals surface area (Å²) in [5, 5.41) is 8.68. The summed E-state index contributed by atoms with van der Waals surface area (Å²) in [5.41, 5.74) is 6.21. The van der Waals surface area contributed by atoms with E-state index in [0.29, 0.717) is 30.3 Å². The van der Waals surface area contributed by atoms with Crippen molar-refractivity contribution in [1.29, 1.82) is 0 Å². The van der Waals surface area contributed by atoms with E-state index in [1.165, 1.54) is 12.0 Å². The van der Waals surface area contributed by atoms with Crippen molar-refractivity contribution in [3.63, 3.8) is 0 Å². The summed E-state index contributed by atoms with van der Waals surface area (Å²) in [4.78, 5) is 11.9. The number of rotatable bonds is 3. The van der Waals surface area contributed by atoms with Crippen LogP contribution in [0.1, 0.15) is 0 Å². The third-order valence-electron chi connectivity index (χ3n) is 2.60. The quantitative estimate of drug-likeness (QED) is 0.768. The van der Waals surface area contributed by atoms with Crippen LogP contribution >= 0.6 is 0 Å². The molecule has 1 aliphatic heterocycles. The molecule has 17 heavy (non-hydrogen) atoms. The maximum Gasteiger partial charge on any atom is 0.407 e. The smallest absolute Gasteiger partial charge is 0.407 e. The predicted molar refractivity (Wildman–Crippen MR) is 61.4 cm³/mol. The maximum absolute atomic E-state index is 10.6. The first-order valence-corrected chi connectivity index (χ1v) is 5.18. The highest BCUT2D eigenvalue weighted by atomic mass is 16.5. The highest BCUT2D eigenvalue weighted by molar-refractivity contribution is 5.66. The molecular formula is C11H14N2O4. The van der Waals surface area contributed by atoms with Gasteiger partial charge >= 0.3 is 6.09 Å². The summed E-state index contributed by atoms with van der Waals surface area (Å²) >= 11 is 0. The minimum Gasteiger partial charge on any atom is -0.493 e. The monoisotopic (exact) mass is 238 g/mol. The van der Waals surface area contributed by atoms with E-state index in [9.17, 15) is 4.79 Å². The van der Waals surface area contributed by atoms with Crippen molar-refractivity contribution in [1.82, 2.24) is 4.90 Å². The number of methoxy groups -OCH3 is 1. The minimum atomic E-state index is -0.922. The van der Waals surface area contributed by atoms with Crippen molar-refractivity contribution in [2.24, 2.45) is 0 Å². The Morgan fingerprint density at radius 2 is 2.18 bits per heavy atom. The number of carbonyl (C=O) groups is 1. The van der Waals surface area contributed by atoms with Gasteiger partial charge in [0.1, 0.15) is 6.10 Å². The molecule has 0 spiro atoms. The Labute approximate surface area is 98.5 Å². The van der Waals surface area contributed by atoms with Crippen LogP contribution in [-0.4, -0.2) is 42.4 Å². The van der Waals surface area contributed by atoms with Crippen LogP contribution in [0, 0.1) is 0 Å². The van der Waals surface area contributed by atoms with Crippen LogP contribution in [0.4, 0.5) is 10.5 Å². The molecule has 0 aromatic heterocycles. The molecule has 0 atom stereocenters. The lowest BCUT2D eigenvalue weighted by atomic mass is 10.2. The molecule has 3 N–H and O–H groups in total. The van der Waals surface area contributed by atoms with Gasteiger partial charge in [0.15, 0.2) is 11.5 Å². The van der Waals surface area contributed by atoms with Crippen molar-refractivity contribution in [2.45, 2.75) is 6.10 Å². The highest BCUT2D eigenvalue weighted by Gasteiger charge is 2.32. The molecule has 2 rings (SSSR count). The molecule has 1 saturated heterocycles. The zero-order valence-corrected chi connectivity index (χ0v) is 9.42. The maximum atomic E-state index is 10.6. The number of benzene rings is 1. The largest absolute Gasteiger partial charge is 0.493 e. The van der Waals surface area contributed by atoms with Crippen LogP contribution in [0.15, 0.2) is 18.2 Å². The lowest BCUT2D eigenvalue weighted by molar-refractivity contribution is 0.0239. The van der Waals surface area contributed by atoms with Crippen molar-refractivity contribution in [3.05, 3.63) is 18.2 Å². The third kappa shape index (κ3) is 2.35. The van der Waals surface area contributed by atoms with E-state index < -0.39 is 6.09 Å². The number of hydrogen-bond donors (Lipinski definition) is 2. The van der Waals surface area contributed by atoms with Gasteiger partial charge in [0.05, 0.1) is 20.2 Å². The van der Waals surface area contributed by atoms with Gasteiger partial charge in [-0.25, -0.2) is 4.79 Å². The molecule has 1 aromatic rings. The lowest BCUT2D eigenvalue weighted by Gasteiger charge is -2.36. The normalized spacial score (nSPS) is 15.2. The first-order valence-electron chi connectivity index (χ1n) is 5.18. The summed E-state index contributed by atoms with van der Waals surface area (Å²) in [5.74, 6) is 1.13. The van der Waals surface area contributed by atoms with Gasteiger partial charge in [0.25, 0.3) is 0 Å². The van der Waals surface area contributed by atoms with Crippen LogP contribution < -0.4 is 15.2 Å². The third-order valence-corrected chi connectivity index (χ3v) is 2.60. The van der Waals surface area contributed by atoms with E-state index >= 15 is 0 Å². The van der Waals surface area contributed by atoms with Gasteiger partial charge in [-0.1, -0.05) is 0 Å². The fraction of sp³-hybridized carbons (Fsp3) is 0.364. The van der Waals surface area contributed by atoms with Crippen molar-refractivity contribution >= 4 is 11.8 Å². The molecule has 0 unspecified atom stereocenters. The first kappa shape index (κ1) is 11.4. The number of nitrogens with two attached hydrogens (primary N) is 1. The first-order chi connectivity index (χ1) is 8.10. The van der Waals surface area contributed by atoms with E-state index in [1.54, 1.807) is 18.2 Å². The van der Waals surface area contributed by atoms with E-state index in [2.05, 4.69) is 0 Å². The van der Waals surface area contributed by atoms with Gasteiger partial charge in [-0.05, 0) is 12.1 Å². The molecule has 1 fully saturated rings. The lowest BCUT2D eigenvalue weighted by Crippen LogP contribution is -2.55. The van der Waals surface area contributed by atoms with Crippen LogP contribution in [-0.2, 0) is 0 Å². The second kappa shape index (κ2) is 4.40. The van der Waals surface area contributed by atoms with Gasteiger partial charge in [-0.2, -0.15) is 0 Å². The molecule has 1 aliphatic rings. The molecule has 6 heteroatoms. The van der Waals surface area contributed by atoms with Crippen molar-refractivity contribution in [2.75, 3.05) is 25.9 Å². The van der Waals surface area contributed by atoms with Crippen LogP contribution in [0.3, 0.4) is 0 Å². The minimum absolute atomic E-state index is 0.122. The average molecular weight is 238 g/mol. The summed E-state index contributed by atoms with van der Waals surface area (Å²) in [6, 6.07) is 5.10. The number of nitrogens with zero attached hydrogens (tertiary/aromatic N) is 1. The molecule has 1 aromatic carbocycles. The van der Waals surface area contributed by atoms with E-state index in [1.807, 2.05) is 0 Å². The molecule has 0 saturated carbocycles. The Balaban J connectivity index is 1.98. The molecule has 0 aliphatic carbocycles. The second-order valence-corrected chi connectivity index (χ2v) is 3.84. The fourth-order valence-electron chi connectivity index (χ4n) is 1.63. The van der Waals surface area contributed by atoms with Crippen molar-refractivity contribution in [3.8, 4) is 11.5 Å². The molecule has 1 heterocycles. The van der Waals surface area contributed by atoms with Gasteiger partial charge in [0.2, 0.25) is 0 Å². The van der Waals surface area contributed by atoms with Gasteiger partial charge in [0, 0.05) is 11.8 Å². The summed E-state index contributed by atoms with van der Waals surface area (Å²) < 4.78 is 10.8. The van der Waals surface area contributed by atoms with Crippen LogP contribution in [0.2, 0.25) is 0 Å². The molecule has 92 valence electrons. The summed E-state index contributed by atoms with van der Waals surface area (Å²) in [7, 11) is 1.53. The number of nitrogen functional groups attached to an aromatic ring is 1. The molecule has 0 bridgehead atoms. The Kier molecular flexibility index (Phi) is 2.95. The number of anilines is 1. The topological polar surface area (TPSA) is 85.0 Å². The van der Waals surface area contributed by atoms with E-state index in [0.717, 1.165) is 0 Å². The number of ether oxygens (including phenoxy) is 2. The number of likely N-dealkylation sites (tertiary alicyclic amines) is 1. The summed E-state index contributed by atoms with van der Waals surface area (Å²) in [6.45, 7) is 0.756. The van der Waals surface area contributed by atoms with Gasteiger partial charge in [-0.3, -0.25) is 0 Å². The fourth-order valence-corrected chi connectivity index (χ4v) is 1.63. The van der Waals surface area contributed by atoms with Gasteiger partial charge in [-0.15, -0.1) is 0 Å². The van der Waals surface area contributed by atoms with Crippen LogP contribution in [0.5, 0.6) is 11.5 Å². The Morgan fingerprint density at radius 3 is 2.76 bits per heavy atom. The Bertz CT molecular complexity index is 429. The molecule has 6 nitrogen and oxygen atoms in total. The zero-order chi connectivity index (χ0) is 12.4. The second-order valence-electron chi connectivity index (χ2n) is 3.84. The average Bonchev–Trinajstić information content (AvgIpc) is 2.23. The number of hydrogen-bond acceptors (Lipinski definition) is 4. The predicted octanol–water partition coefficient (Wildman–Crippen LogP) is 1.02.